The maximum atomic E-state index is 11.1. The number of carboxylic acid groups (broad SMARTS) is 1. The van der Waals surface area contributed by atoms with Crippen molar-refractivity contribution in [1.29, 1.82) is 0 Å². The molecule has 2 aliphatic rings. The van der Waals surface area contributed by atoms with E-state index in [-0.39, 0.29) is 5.92 Å². The highest BCUT2D eigenvalue weighted by Crippen LogP contribution is 2.34. The van der Waals surface area contributed by atoms with Gasteiger partial charge in [-0.1, -0.05) is 6.92 Å². The van der Waals surface area contributed by atoms with Crippen LogP contribution in [0.15, 0.2) is 28.2 Å². The molecule has 2 aliphatic heterocycles. The van der Waals surface area contributed by atoms with Crippen molar-refractivity contribution in [3.05, 3.63) is 23.8 Å². The van der Waals surface area contributed by atoms with E-state index in [9.17, 15) is 4.79 Å². The number of rotatable bonds is 7. The molecule has 0 amide bonds. The van der Waals surface area contributed by atoms with Crippen LogP contribution in [-0.4, -0.2) is 65.8 Å². The molecule has 1 unspecified atom stereocenters. The molecule has 0 saturated carbocycles. The second kappa shape index (κ2) is 8.22. The number of nitrogens with zero attached hydrogens (tertiary/aromatic N) is 3. The lowest BCUT2D eigenvalue weighted by atomic mass is 9.92. The number of hydrogen-bond acceptors (Lipinski definition) is 6. The highest BCUT2D eigenvalue weighted by molar-refractivity contribution is 8.16. The van der Waals surface area contributed by atoms with E-state index in [1.807, 2.05) is 12.1 Å². The molecule has 3 rings (SSSR count). The summed E-state index contributed by atoms with van der Waals surface area (Å²) >= 11 is 1.49. The van der Waals surface area contributed by atoms with Crippen LogP contribution in [0.1, 0.15) is 18.9 Å². The first-order valence-electron chi connectivity index (χ1n) is 8.87. The molecule has 2 atom stereocenters. The summed E-state index contributed by atoms with van der Waals surface area (Å²) in [7, 11) is 4.11. The van der Waals surface area contributed by atoms with Crippen LogP contribution in [0.3, 0.4) is 0 Å². The maximum absolute atomic E-state index is 11.1. The number of carboxylic acids is 1. The predicted octanol–water partition coefficient (Wildman–Crippen LogP) is 2.88. The molecule has 0 radical (unpaired) electrons. The van der Waals surface area contributed by atoms with Crippen molar-refractivity contribution in [2.45, 2.75) is 25.8 Å². The molecule has 2 heterocycles. The Bertz CT molecular complexity index is 746. The Morgan fingerprint density at radius 2 is 2.23 bits per heavy atom. The molecule has 1 aromatic rings. The minimum atomic E-state index is -0.868. The first kappa shape index (κ1) is 18.9. The molecule has 7 heteroatoms. The third-order valence-corrected chi connectivity index (χ3v) is 5.53. The highest BCUT2D eigenvalue weighted by atomic mass is 32.2. The number of fused-ring (bicyclic) bond motifs is 1. The van der Waals surface area contributed by atoms with Gasteiger partial charge in [-0.3, -0.25) is 9.98 Å². The molecule has 0 spiro atoms. The average Bonchev–Trinajstić information content (AvgIpc) is 3.08. The Hall–Kier alpha value is -1.86. The lowest BCUT2D eigenvalue weighted by Gasteiger charge is -2.22. The molecule has 0 bridgehead atoms. The first-order valence-corrected chi connectivity index (χ1v) is 9.85. The van der Waals surface area contributed by atoms with Crippen LogP contribution in [0, 0.1) is 5.92 Å². The zero-order valence-corrected chi connectivity index (χ0v) is 16.3. The summed E-state index contributed by atoms with van der Waals surface area (Å²) in [5.74, 6) is 0.716. The van der Waals surface area contributed by atoms with Gasteiger partial charge in [0.05, 0.1) is 18.0 Å². The van der Waals surface area contributed by atoms with E-state index in [0.717, 1.165) is 41.6 Å². The van der Waals surface area contributed by atoms with Crippen molar-refractivity contribution in [2.75, 3.05) is 33.0 Å². The van der Waals surface area contributed by atoms with Gasteiger partial charge in [-0.15, -0.1) is 11.8 Å². The highest BCUT2D eigenvalue weighted by Gasteiger charge is 2.31. The fraction of sp³-hybridized carbons (Fsp3) is 0.526. The quantitative estimate of drug-likeness (QED) is 0.742. The van der Waals surface area contributed by atoms with Crippen LogP contribution in [0.25, 0.3) is 0 Å². The van der Waals surface area contributed by atoms with Gasteiger partial charge in [0.2, 0.25) is 0 Å². The minimum absolute atomic E-state index is 0.213. The molecule has 0 saturated heterocycles. The Morgan fingerprint density at radius 1 is 1.42 bits per heavy atom. The van der Waals surface area contributed by atoms with Gasteiger partial charge in [0, 0.05) is 18.2 Å². The molecular weight excluding hydrogens is 350 g/mol. The van der Waals surface area contributed by atoms with Crippen molar-refractivity contribution in [2.24, 2.45) is 15.9 Å². The number of aliphatic carboxylic acids is 1. The van der Waals surface area contributed by atoms with E-state index in [0.29, 0.717) is 12.4 Å². The zero-order chi connectivity index (χ0) is 18.7. The first-order chi connectivity index (χ1) is 12.4. The summed E-state index contributed by atoms with van der Waals surface area (Å²) in [6.07, 6.45) is 1.85. The Kier molecular flexibility index (Phi) is 5.98. The summed E-state index contributed by atoms with van der Waals surface area (Å²) in [6.45, 7) is 3.82. The maximum Gasteiger partial charge on any atom is 0.329 e. The molecule has 0 fully saturated rings. The molecule has 26 heavy (non-hydrogen) atoms. The van der Waals surface area contributed by atoms with Crippen molar-refractivity contribution in [3.63, 3.8) is 0 Å². The monoisotopic (exact) mass is 375 g/mol. The van der Waals surface area contributed by atoms with Gasteiger partial charge in [0.1, 0.15) is 10.8 Å². The number of ether oxygens (including phenoxy) is 1. The fourth-order valence-electron chi connectivity index (χ4n) is 3.06. The Morgan fingerprint density at radius 3 is 2.92 bits per heavy atom. The third kappa shape index (κ3) is 4.45. The second-order valence-corrected chi connectivity index (χ2v) is 8.01. The van der Waals surface area contributed by atoms with Gasteiger partial charge in [-0.05, 0) is 50.7 Å². The van der Waals surface area contributed by atoms with Crippen LogP contribution in [-0.2, 0) is 11.2 Å². The van der Waals surface area contributed by atoms with Crippen molar-refractivity contribution < 1.29 is 14.6 Å². The van der Waals surface area contributed by atoms with Gasteiger partial charge in [0.25, 0.3) is 0 Å². The molecule has 0 aliphatic carbocycles. The summed E-state index contributed by atoms with van der Waals surface area (Å²) in [5.41, 5.74) is 3.01. The summed E-state index contributed by atoms with van der Waals surface area (Å²) in [5, 5.41) is 9.90. The van der Waals surface area contributed by atoms with E-state index in [4.69, 9.17) is 14.8 Å². The number of carbonyl (C=O) groups is 1. The van der Waals surface area contributed by atoms with Gasteiger partial charge >= 0.3 is 5.97 Å². The molecule has 140 valence electrons. The van der Waals surface area contributed by atoms with Crippen LogP contribution in [0.2, 0.25) is 0 Å². The van der Waals surface area contributed by atoms with Gasteiger partial charge in [-0.2, -0.15) is 0 Å². The minimum Gasteiger partial charge on any atom is -0.494 e. The number of thioether (sulfide) groups is 1. The topological polar surface area (TPSA) is 74.5 Å². The Labute approximate surface area is 158 Å². The largest absolute Gasteiger partial charge is 0.494 e. The van der Waals surface area contributed by atoms with E-state index in [1.165, 1.54) is 17.3 Å². The van der Waals surface area contributed by atoms with Crippen LogP contribution in [0.5, 0.6) is 5.75 Å². The van der Waals surface area contributed by atoms with E-state index in [1.54, 1.807) is 0 Å². The van der Waals surface area contributed by atoms with Crippen LogP contribution >= 0.6 is 11.8 Å². The number of benzene rings is 1. The standard InChI is InChI=1S/C19H25N3O3S/c1-12-9-13-10-14(25-8-4-7-22(2)3)5-6-15(13)20-17(12)18-21-16(11-26-18)19(23)24/h5-6,10,12,16H,4,7-9,11H2,1-3H3,(H,23,24)/t12?,16-/m1/s1. The van der Waals surface area contributed by atoms with Crippen molar-refractivity contribution >= 4 is 34.2 Å². The fourth-order valence-corrected chi connectivity index (χ4v) is 4.19. The third-order valence-electron chi connectivity index (χ3n) is 4.46. The number of aliphatic imine (C=N–C) groups is 2. The average molecular weight is 375 g/mol. The summed E-state index contributed by atoms with van der Waals surface area (Å²) < 4.78 is 5.86. The molecular formula is C19H25N3O3S. The van der Waals surface area contributed by atoms with Crippen LogP contribution in [0.4, 0.5) is 5.69 Å². The van der Waals surface area contributed by atoms with E-state index < -0.39 is 12.0 Å². The second-order valence-electron chi connectivity index (χ2n) is 7.00. The summed E-state index contributed by atoms with van der Waals surface area (Å²) in [6, 6.07) is 5.36. The summed E-state index contributed by atoms with van der Waals surface area (Å²) in [4.78, 5) is 22.4. The molecule has 1 N–H and O–H groups in total. The van der Waals surface area contributed by atoms with E-state index in [2.05, 4.69) is 37.0 Å². The smallest absolute Gasteiger partial charge is 0.329 e. The molecule has 6 nitrogen and oxygen atoms in total. The van der Waals surface area contributed by atoms with Gasteiger partial charge < -0.3 is 14.7 Å². The predicted molar refractivity (Wildman–Crippen MR) is 106 cm³/mol. The molecule has 0 aromatic heterocycles. The van der Waals surface area contributed by atoms with Gasteiger partial charge in [0.15, 0.2) is 6.04 Å². The van der Waals surface area contributed by atoms with Crippen molar-refractivity contribution in [3.8, 4) is 5.75 Å². The Balaban J connectivity index is 1.71. The van der Waals surface area contributed by atoms with Crippen molar-refractivity contribution in [1.82, 2.24) is 4.90 Å². The lowest BCUT2D eigenvalue weighted by molar-refractivity contribution is -0.137. The zero-order valence-electron chi connectivity index (χ0n) is 15.4. The van der Waals surface area contributed by atoms with Gasteiger partial charge in [-0.25, -0.2) is 4.79 Å². The molecule has 1 aromatic carbocycles. The SMILES string of the molecule is CC1Cc2cc(OCCCN(C)C)ccc2N=C1C1=N[C@@H](C(=O)O)CS1. The van der Waals surface area contributed by atoms with Crippen LogP contribution < -0.4 is 4.74 Å². The normalized spacial score (nSPS) is 22.0. The van der Waals surface area contributed by atoms with E-state index >= 15 is 0 Å². The lowest BCUT2D eigenvalue weighted by Crippen LogP contribution is -2.24. The number of hydrogen-bond donors (Lipinski definition) is 1.